The predicted octanol–water partition coefficient (Wildman–Crippen LogP) is 13.3. The first-order valence-corrected chi connectivity index (χ1v) is 25.9. The summed E-state index contributed by atoms with van der Waals surface area (Å²) in [6.07, 6.45) is 44.4. The third kappa shape index (κ3) is 44.0. The Kier molecular flexibility index (Phi) is 46.3. The number of hydrogen-bond donors (Lipinski definition) is 4. The van der Waals surface area contributed by atoms with Crippen molar-refractivity contribution in [2.24, 2.45) is 16.5 Å². The van der Waals surface area contributed by atoms with Gasteiger partial charge in [0.1, 0.15) is 12.6 Å². The minimum atomic E-state index is -0.850. The quantitative estimate of drug-likeness (QED) is 0.0206. The highest BCUT2D eigenvalue weighted by Crippen LogP contribution is 2.15. The molecule has 356 valence electrons. The summed E-state index contributed by atoms with van der Waals surface area (Å²) in [6, 6.07) is -0.836. The van der Waals surface area contributed by atoms with Crippen molar-refractivity contribution in [1.29, 1.82) is 0 Å². The standard InChI is InChI=1S/C50H101N5O5/c1-4-7-10-13-16-19-22-25-28-31-34-37-41-53-48(56)46(40-42-54-49(51)52)55-50(57)60-47(59-44-39-36-33-30-27-24-21-18-15-12-9-6-3)45-58-43-38-35-32-29-26-23-20-17-14-11-8-5-2/h46-47H,4-45H2,1-3H3,(H,53,56)(H,55,57)(H4,51,52,54). The molecule has 0 saturated heterocycles. The van der Waals surface area contributed by atoms with Gasteiger partial charge in [0.25, 0.3) is 0 Å². The smallest absolute Gasteiger partial charge is 0.410 e. The molecule has 0 aromatic rings. The van der Waals surface area contributed by atoms with Gasteiger partial charge in [-0.1, -0.05) is 233 Å². The van der Waals surface area contributed by atoms with Gasteiger partial charge in [-0.15, -0.1) is 0 Å². The molecule has 0 aromatic heterocycles. The highest BCUT2D eigenvalue weighted by atomic mass is 16.7. The molecule has 0 radical (unpaired) electrons. The summed E-state index contributed by atoms with van der Waals surface area (Å²) in [5.74, 6) is -0.317. The fourth-order valence-corrected chi connectivity index (χ4v) is 7.69. The molecule has 2 amide bonds. The van der Waals surface area contributed by atoms with E-state index in [1.54, 1.807) is 0 Å². The molecule has 0 aliphatic heterocycles. The second kappa shape index (κ2) is 48.0. The van der Waals surface area contributed by atoms with Gasteiger partial charge < -0.3 is 36.3 Å². The van der Waals surface area contributed by atoms with Crippen LogP contribution in [0.3, 0.4) is 0 Å². The number of nitrogens with one attached hydrogen (secondary N) is 2. The van der Waals surface area contributed by atoms with E-state index < -0.39 is 18.4 Å². The van der Waals surface area contributed by atoms with E-state index >= 15 is 0 Å². The number of unbranched alkanes of at least 4 members (excludes halogenated alkanes) is 33. The Morgan fingerprint density at radius 3 is 1.27 bits per heavy atom. The first-order valence-electron chi connectivity index (χ1n) is 25.9. The minimum Gasteiger partial charge on any atom is -0.417 e. The van der Waals surface area contributed by atoms with Crippen LogP contribution in [-0.4, -0.2) is 63.2 Å². The second-order valence-corrected chi connectivity index (χ2v) is 17.5. The second-order valence-electron chi connectivity index (χ2n) is 17.5. The van der Waals surface area contributed by atoms with Crippen molar-refractivity contribution in [3.05, 3.63) is 0 Å². The molecular weight excluding hydrogens is 751 g/mol. The van der Waals surface area contributed by atoms with Gasteiger partial charge in [0, 0.05) is 19.7 Å². The molecule has 10 heteroatoms. The lowest BCUT2D eigenvalue weighted by Gasteiger charge is -2.22. The van der Waals surface area contributed by atoms with Gasteiger partial charge in [0.15, 0.2) is 5.96 Å². The van der Waals surface area contributed by atoms with E-state index in [2.05, 4.69) is 36.4 Å². The number of aliphatic imine (C=N–C) groups is 1. The van der Waals surface area contributed by atoms with Gasteiger partial charge in [-0.25, -0.2) is 4.79 Å². The van der Waals surface area contributed by atoms with Gasteiger partial charge in [-0.2, -0.15) is 0 Å². The summed E-state index contributed by atoms with van der Waals surface area (Å²) in [5, 5.41) is 5.76. The number of carbonyl (C=O) groups is 2. The van der Waals surface area contributed by atoms with Crippen molar-refractivity contribution in [3.63, 3.8) is 0 Å². The van der Waals surface area contributed by atoms with Gasteiger partial charge in [0.05, 0.1) is 6.61 Å². The monoisotopic (exact) mass is 852 g/mol. The van der Waals surface area contributed by atoms with Crippen LogP contribution in [0.15, 0.2) is 4.99 Å². The zero-order valence-corrected chi connectivity index (χ0v) is 40.0. The molecular formula is C50H101N5O5. The fraction of sp³-hybridized carbons (Fsp3) is 0.940. The van der Waals surface area contributed by atoms with E-state index in [0.29, 0.717) is 19.8 Å². The molecule has 0 heterocycles. The third-order valence-corrected chi connectivity index (χ3v) is 11.6. The molecule has 0 aliphatic rings. The number of amides is 2. The first-order chi connectivity index (χ1) is 29.4. The Morgan fingerprint density at radius 1 is 0.500 bits per heavy atom. The first kappa shape index (κ1) is 57.9. The lowest BCUT2D eigenvalue weighted by Crippen LogP contribution is -2.48. The van der Waals surface area contributed by atoms with E-state index in [1.807, 2.05) is 0 Å². The molecule has 0 fully saturated rings. The number of guanidine groups is 1. The number of alkyl carbamates (subject to hydrolysis) is 1. The molecule has 6 N–H and O–H groups in total. The normalized spacial score (nSPS) is 12.3. The van der Waals surface area contributed by atoms with Crippen LogP contribution in [0.25, 0.3) is 0 Å². The Bertz CT molecular complexity index is 935. The highest BCUT2D eigenvalue weighted by molar-refractivity contribution is 5.85. The number of hydrogen-bond acceptors (Lipinski definition) is 6. The Hall–Kier alpha value is -2.07. The summed E-state index contributed by atoms with van der Waals surface area (Å²) in [5.41, 5.74) is 11.1. The van der Waals surface area contributed by atoms with Crippen LogP contribution in [0.5, 0.6) is 0 Å². The molecule has 0 aliphatic carbocycles. The molecule has 0 bridgehead atoms. The third-order valence-electron chi connectivity index (χ3n) is 11.6. The number of nitrogens with zero attached hydrogens (tertiary/aromatic N) is 1. The number of carbonyl (C=O) groups excluding carboxylic acids is 2. The molecule has 2 atom stereocenters. The molecule has 0 aromatic carbocycles. The Morgan fingerprint density at radius 2 is 0.867 bits per heavy atom. The zero-order valence-electron chi connectivity index (χ0n) is 40.0. The molecule has 60 heavy (non-hydrogen) atoms. The van der Waals surface area contributed by atoms with Crippen LogP contribution in [-0.2, 0) is 19.0 Å². The maximum atomic E-state index is 13.2. The van der Waals surface area contributed by atoms with E-state index in [0.717, 1.165) is 38.5 Å². The van der Waals surface area contributed by atoms with Gasteiger partial charge in [-0.05, 0) is 25.7 Å². The van der Waals surface area contributed by atoms with Gasteiger partial charge in [0.2, 0.25) is 12.2 Å². The summed E-state index contributed by atoms with van der Waals surface area (Å²) in [4.78, 5) is 30.5. The van der Waals surface area contributed by atoms with E-state index in [1.165, 1.54) is 193 Å². The SMILES string of the molecule is CCCCCCCCCCCCCCNC(=O)C(CCN=C(N)N)NC(=O)OC(COCCCCCCCCCCCCCC)OCCCCCCCCCCCCCC. The topological polar surface area (TPSA) is 150 Å². The Balaban J connectivity index is 4.74. The van der Waals surface area contributed by atoms with Crippen molar-refractivity contribution in [3.8, 4) is 0 Å². The number of rotatable bonds is 48. The van der Waals surface area contributed by atoms with Crippen LogP contribution < -0.4 is 22.1 Å². The van der Waals surface area contributed by atoms with Crippen LogP contribution in [0, 0.1) is 0 Å². The lowest BCUT2D eigenvalue weighted by molar-refractivity contribution is -0.142. The predicted molar refractivity (Wildman–Crippen MR) is 256 cm³/mol. The number of ether oxygens (including phenoxy) is 3. The summed E-state index contributed by atoms with van der Waals surface area (Å²) in [7, 11) is 0. The number of nitrogens with two attached hydrogens (primary N) is 2. The Labute approximate surface area is 371 Å². The fourth-order valence-electron chi connectivity index (χ4n) is 7.69. The van der Waals surface area contributed by atoms with Crippen LogP contribution in [0.4, 0.5) is 4.79 Å². The molecule has 2 unspecified atom stereocenters. The zero-order chi connectivity index (χ0) is 43.8. The minimum absolute atomic E-state index is 0.0511. The molecule has 0 spiro atoms. The summed E-state index contributed by atoms with van der Waals surface area (Å²) >= 11 is 0. The average Bonchev–Trinajstić information content (AvgIpc) is 3.23. The maximum absolute atomic E-state index is 13.2. The van der Waals surface area contributed by atoms with Gasteiger partial charge in [-0.3, -0.25) is 9.79 Å². The van der Waals surface area contributed by atoms with E-state index in [9.17, 15) is 9.59 Å². The van der Waals surface area contributed by atoms with Crippen molar-refractivity contribution in [1.82, 2.24) is 10.6 Å². The highest BCUT2D eigenvalue weighted by Gasteiger charge is 2.23. The van der Waals surface area contributed by atoms with Crippen LogP contribution in [0.2, 0.25) is 0 Å². The van der Waals surface area contributed by atoms with Gasteiger partial charge >= 0.3 is 6.09 Å². The molecule has 0 saturated carbocycles. The summed E-state index contributed by atoms with van der Waals surface area (Å²) in [6.45, 7) is 8.82. The van der Waals surface area contributed by atoms with E-state index in [4.69, 9.17) is 25.7 Å². The molecule has 0 rings (SSSR count). The van der Waals surface area contributed by atoms with Crippen molar-refractivity contribution in [2.75, 3.05) is 32.9 Å². The maximum Gasteiger partial charge on any atom is 0.410 e. The van der Waals surface area contributed by atoms with Crippen LogP contribution >= 0.6 is 0 Å². The van der Waals surface area contributed by atoms with Crippen molar-refractivity contribution in [2.45, 2.75) is 271 Å². The van der Waals surface area contributed by atoms with E-state index in [-0.39, 0.29) is 31.4 Å². The average molecular weight is 852 g/mol. The molecule has 10 nitrogen and oxygen atoms in total. The van der Waals surface area contributed by atoms with Crippen molar-refractivity contribution < 1.29 is 23.8 Å². The lowest BCUT2D eigenvalue weighted by atomic mass is 10.1. The van der Waals surface area contributed by atoms with Crippen molar-refractivity contribution >= 4 is 18.0 Å². The summed E-state index contributed by atoms with van der Waals surface area (Å²) < 4.78 is 17.8. The largest absolute Gasteiger partial charge is 0.417 e. The van der Waals surface area contributed by atoms with Crippen LogP contribution in [0.1, 0.15) is 258 Å².